The molecule has 3 nitrogen and oxygen atoms in total. The molecule has 0 amide bonds. The Morgan fingerprint density at radius 1 is 1.24 bits per heavy atom. The van der Waals surface area contributed by atoms with Gasteiger partial charge in [-0.2, -0.15) is 0 Å². The van der Waals surface area contributed by atoms with Gasteiger partial charge in [0.25, 0.3) is 6.02 Å². The first-order valence-corrected chi connectivity index (χ1v) is 6.33. The molecule has 1 fully saturated rings. The van der Waals surface area contributed by atoms with E-state index in [1.54, 1.807) is 0 Å². The molecular weight excluding hydrogens is 212 g/mol. The van der Waals surface area contributed by atoms with Gasteiger partial charge in [-0.25, -0.2) is 4.99 Å². The molecule has 0 aromatic heterocycles. The van der Waals surface area contributed by atoms with Crippen LogP contribution >= 0.6 is 0 Å². The van der Waals surface area contributed by atoms with Gasteiger partial charge < -0.3 is 10.5 Å². The number of rotatable bonds is 1. The molecule has 1 heterocycles. The second-order valence-electron chi connectivity index (χ2n) is 5.05. The lowest BCUT2D eigenvalue weighted by atomic mass is 9.70. The van der Waals surface area contributed by atoms with E-state index < -0.39 is 0 Å². The zero-order chi connectivity index (χ0) is 11.7. The fraction of sp³-hybridized carbons (Fsp3) is 0.500. The number of amidine groups is 1. The van der Waals surface area contributed by atoms with Crippen molar-refractivity contribution in [2.24, 2.45) is 10.7 Å². The van der Waals surface area contributed by atoms with Crippen LogP contribution in [0, 0.1) is 0 Å². The fourth-order valence-corrected chi connectivity index (χ4v) is 3.17. The van der Waals surface area contributed by atoms with Crippen molar-refractivity contribution in [3.05, 3.63) is 35.9 Å². The average Bonchev–Trinajstić information content (AvgIpc) is 2.73. The van der Waals surface area contributed by atoms with Gasteiger partial charge in [0.2, 0.25) is 0 Å². The average molecular weight is 230 g/mol. The fourth-order valence-electron chi connectivity index (χ4n) is 3.17. The van der Waals surface area contributed by atoms with Crippen LogP contribution in [0.2, 0.25) is 0 Å². The molecule has 1 aromatic carbocycles. The van der Waals surface area contributed by atoms with Crippen LogP contribution in [-0.2, 0) is 4.74 Å². The van der Waals surface area contributed by atoms with Crippen molar-refractivity contribution in [2.75, 3.05) is 6.61 Å². The number of nitrogens with zero attached hydrogens (tertiary/aromatic N) is 1. The molecule has 0 radical (unpaired) electrons. The maximum atomic E-state index is 5.71. The lowest BCUT2D eigenvalue weighted by molar-refractivity contribution is 0.181. The van der Waals surface area contributed by atoms with Gasteiger partial charge in [-0.05, 0) is 18.4 Å². The molecule has 1 aromatic rings. The van der Waals surface area contributed by atoms with E-state index in [0.29, 0.717) is 18.5 Å². The zero-order valence-electron chi connectivity index (χ0n) is 9.93. The van der Waals surface area contributed by atoms with E-state index in [0.717, 1.165) is 6.42 Å². The van der Waals surface area contributed by atoms with Crippen LogP contribution in [0.5, 0.6) is 0 Å². The minimum absolute atomic E-state index is 0.0936. The van der Waals surface area contributed by atoms with Gasteiger partial charge in [0.05, 0.1) is 0 Å². The molecular formula is C14H18N2O. The predicted octanol–water partition coefficient (Wildman–Crippen LogP) is 2.43. The first-order chi connectivity index (χ1) is 8.30. The lowest BCUT2D eigenvalue weighted by Crippen LogP contribution is -2.38. The Morgan fingerprint density at radius 3 is 2.76 bits per heavy atom. The minimum Gasteiger partial charge on any atom is -0.463 e. The molecule has 0 saturated heterocycles. The second kappa shape index (κ2) is 4.06. The van der Waals surface area contributed by atoms with Gasteiger partial charge in [0.15, 0.2) is 0 Å². The Bertz CT molecular complexity index is 429. The van der Waals surface area contributed by atoms with Crippen LogP contribution in [0.25, 0.3) is 0 Å². The van der Waals surface area contributed by atoms with Crippen molar-refractivity contribution < 1.29 is 4.74 Å². The van der Waals surface area contributed by atoms with E-state index in [1.165, 1.54) is 24.8 Å². The first kappa shape index (κ1) is 10.6. The molecule has 1 saturated carbocycles. The molecule has 0 bridgehead atoms. The van der Waals surface area contributed by atoms with E-state index in [4.69, 9.17) is 10.5 Å². The molecule has 2 aliphatic rings. The molecule has 3 heteroatoms. The minimum atomic E-state index is -0.0936. The Hall–Kier alpha value is -1.51. The smallest absolute Gasteiger partial charge is 0.282 e. The molecule has 1 aliphatic carbocycles. The molecule has 1 spiro atoms. The summed E-state index contributed by atoms with van der Waals surface area (Å²) in [5.41, 5.74) is 6.98. The Labute approximate surface area is 102 Å². The zero-order valence-corrected chi connectivity index (χ0v) is 9.93. The summed E-state index contributed by atoms with van der Waals surface area (Å²) in [6, 6.07) is 11.0. The highest BCUT2D eigenvalue weighted by Crippen LogP contribution is 2.45. The SMILES string of the molecule is NC1=NC2(CCCCC2c2ccccc2)CO1. The third-order valence-electron chi connectivity index (χ3n) is 4.01. The first-order valence-electron chi connectivity index (χ1n) is 6.33. The van der Waals surface area contributed by atoms with E-state index in [-0.39, 0.29) is 5.54 Å². The summed E-state index contributed by atoms with van der Waals surface area (Å²) < 4.78 is 5.43. The van der Waals surface area contributed by atoms with Crippen molar-refractivity contribution in [3.8, 4) is 0 Å². The Balaban J connectivity index is 1.96. The molecule has 2 N–H and O–H groups in total. The van der Waals surface area contributed by atoms with Gasteiger partial charge >= 0.3 is 0 Å². The number of aliphatic imine (C=N–C) groups is 1. The third kappa shape index (κ3) is 1.79. The number of ether oxygens (including phenoxy) is 1. The van der Waals surface area contributed by atoms with Gasteiger partial charge in [-0.15, -0.1) is 0 Å². The molecule has 17 heavy (non-hydrogen) atoms. The predicted molar refractivity (Wildman–Crippen MR) is 68.0 cm³/mol. The summed E-state index contributed by atoms with van der Waals surface area (Å²) in [5, 5.41) is 0. The molecule has 1 aliphatic heterocycles. The van der Waals surface area contributed by atoms with Crippen LogP contribution in [0.3, 0.4) is 0 Å². The van der Waals surface area contributed by atoms with E-state index in [9.17, 15) is 0 Å². The summed E-state index contributed by atoms with van der Waals surface area (Å²) in [7, 11) is 0. The maximum absolute atomic E-state index is 5.71. The van der Waals surface area contributed by atoms with Crippen LogP contribution < -0.4 is 5.73 Å². The van der Waals surface area contributed by atoms with Crippen molar-refractivity contribution >= 4 is 6.02 Å². The van der Waals surface area contributed by atoms with Gasteiger partial charge in [-0.3, -0.25) is 0 Å². The number of benzene rings is 1. The van der Waals surface area contributed by atoms with Crippen molar-refractivity contribution in [1.29, 1.82) is 0 Å². The maximum Gasteiger partial charge on any atom is 0.282 e. The van der Waals surface area contributed by atoms with E-state index in [2.05, 4.69) is 35.3 Å². The summed E-state index contributed by atoms with van der Waals surface area (Å²) in [5.74, 6) is 0.457. The lowest BCUT2D eigenvalue weighted by Gasteiger charge is -2.37. The summed E-state index contributed by atoms with van der Waals surface area (Å²) in [6.45, 7) is 0.651. The van der Waals surface area contributed by atoms with Crippen molar-refractivity contribution in [2.45, 2.75) is 37.1 Å². The summed E-state index contributed by atoms with van der Waals surface area (Å²) >= 11 is 0. The van der Waals surface area contributed by atoms with Gasteiger partial charge in [-0.1, -0.05) is 43.2 Å². The highest BCUT2D eigenvalue weighted by atomic mass is 16.5. The normalized spacial score (nSPS) is 32.2. The van der Waals surface area contributed by atoms with E-state index >= 15 is 0 Å². The van der Waals surface area contributed by atoms with E-state index in [1.807, 2.05) is 0 Å². The monoisotopic (exact) mass is 230 g/mol. The Morgan fingerprint density at radius 2 is 2.06 bits per heavy atom. The third-order valence-corrected chi connectivity index (χ3v) is 4.01. The van der Waals surface area contributed by atoms with Gasteiger partial charge in [0.1, 0.15) is 12.1 Å². The van der Waals surface area contributed by atoms with Crippen molar-refractivity contribution in [1.82, 2.24) is 0 Å². The molecule has 2 unspecified atom stereocenters. The summed E-state index contributed by atoms with van der Waals surface area (Å²) in [6.07, 6.45) is 4.78. The standard InChI is InChI=1S/C14H18N2O/c15-13-16-14(10-17-13)9-5-4-8-12(14)11-6-2-1-3-7-11/h1-3,6-7,12H,4-5,8-10H2,(H2,15,16). The van der Waals surface area contributed by atoms with Gasteiger partial charge in [0, 0.05) is 5.92 Å². The number of hydrogen-bond donors (Lipinski definition) is 1. The molecule has 3 rings (SSSR count). The van der Waals surface area contributed by atoms with Crippen LogP contribution in [0.4, 0.5) is 0 Å². The second-order valence-corrected chi connectivity index (χ2v) is 5.05. The van der Waals surface area contributed by atoms with Crippen molar-refractivity contribution in [3.63, 3.8) is 0 Å². The molecule has 2 atom stereocenters. The quantitative estimate of drug-likeness (QED) is 0.805. The highest BCUT2D eigenvalue weighted by molar-refractivity contribution is 5.74. The van der Waals surface area contributed by atoms with Crippen LogP contribution in [-0.4, -0.2) is 18.2 Å². The number of hydrogen-bond acceptors (Lipinski definition) is 3. The number of nitrogens with two attached hydrogens (primary N) is 1. The highest BCUT2D eigenvalue weighted by Gasteiger charge is 2.45. The largest absolute Gasteiger partial charge is 0.463 e. The molecule has 90 valence electrons. The Kier molecular flexibility index (Phi) is 2.54. The van der Waals surface area contributed by atoms with Crippen LogP contribution in [0.15, 0.2) is 35.3 Å². The van der Waals surface area contributed by atoms with Crippen LogP contribution in [0.1, 0.15) is 37.2 Å². The topological polar surface area (TPSA) is 47.6 Å². The summed E-state index contributed by atoms with van der Waals surface area (Å²) in [4.78, 5) is 4.61.